The Hall–Kier alpha value is -2.91. The van der Waals surface area contributed by atoms with Crippen LogP contribution >= 0.6 is 0 Å². The Morgan fingerprint density at radius 2 is 1.44 bits per heavy atom. The molecule has 6 unspecified atom stereocenters. The molecule has 3 aromatic rings. The summed E-state index contributed by atoms with van der Waals surface area (Å²) in [6, 6.07) is 31.2. The van der Waals surface area contributed by atoms with Crippen LogP contribution in [-0.4, -0.2) is 34.3 Å². The molecule has 3 nitrogen and oxygen atoms in total. The third-order valence-corrected chi connectivity index (χ3v) is 7.99. The topological polar surface area (TPSA) is 35.8 Å². The normalized spacial score (nSPS) is 30.6. The van der Waals surface area contributed by atoms with E-state index in [0.29, 0.717) is 41.6 Å². The molecule has 32 heavy (non-hydrogen) atoms. The minimum Gasteiger partial charge on any atom is -0.508 e. The lowest BCUT2D eigenvalue weighted by molar-refractivity contribution is 0.114. The summed E-state index contributed by atoms with van der Waals surface area (Å²) in [5.41, 5.74) is 4.14. The van der Waals surface area contributed by atoms with Gasteiger partial charge in [-0.1, -0.05) is 72.8 Å². The Kier molecular flexibility index (Phi) is 5.07. The highest BCUT2D eigenvalue weighted by molar-refractivity contribution is 5.66. The van der Waals surface area contributed by atoms with Crippen molar-refractivity contribution in [1.29, 1.82) is 0 Å². The molecule has 3 aromatic carbocycles. The molecule has 0 radical (unpaired) electrons. The first-order valence-electron chi connectivity index (χ1n) is 11.9. The lowest BCUT2D eigenvalue weighted by Gasteiger charge is -2.44. The molecule has 0 aromatic heterocycles. The molecule has 1 N–H and O–H groups in total. The average Bonchev–Trinajstić information content (AvgIpc) is 3.07. The highest BCUT2D eigenvalue weighted by atomic mass is 16.3. The third kappa shape index (κ3) is 3.55. The second kappa shape index (κ2) is 8.22. The van der Waals surface area contributed by atoms with Crippen molar-refractivity contribution in [3.63, 3.8) is 0 Å². The van der Waals surface area contributed by atoms with E-state index in [-0.39, 0.29) is 0 Å². The van der Waals surface area contributed by atoms with Crippen LogP contribution in [0.15, 0.2) is 89.9 Å². The van der Waals surface area contributed by atoms with Gasteiger partial charge in [-0.05, 0) is 54.0 Å². The third-order valence-electron chi connectivity index (χ3n) is 7.99. The van der Waals surface area contributed by atoms with Gasteiger partial charge in [0.1, 0.15) is 5.75 Å². The van der Waals surface area contributed by atoms with E-state index < -0.39 is 0 Å². The van der Waals surface area contributed by atoms with Crippen LogP contribution in [0, 0.1) is 17.8 Å². The molecule has 0 amide bonds. The first-order valence-corrected chi connectivity index (χ1v) is 11.9. The minimum atomic E-state index is 0.339. The van der Waals surface area contributed by atoms with Crippen molar-refractivity contribution in [2.75, 3.05) is 0 Å². The lowest BCUT2D eigenvalue weighted by Crippen LogP contribution is -2.50. The van der Waals surface area contributed by atoms with Crippen molar-refractivity contribution in [3.8, 4) is 5.75 Å². The monoisotopic (exact) mass is 422 g/mol. The van der Waals surface area contributed by atoms with E-state index in [1.807, 2.05) is 12.1 Å². The molecule has 1 saturated carbocycles. The summed E-state index contributed by atoms with van der Waals surface area (Å²) in [6.07, 6.45) is 5.64. The first kappa shape index (κ1) is 19.8. The SMILES string of the molecule is Oc1ccc(CC2C3CC4C(C=N3)C2N(Cc2ccccc2)C4Cc2ccccc2)cc1. The fraction of sp³-hybridized carbons (Fsp3) is 0.345. The van der Waals surface area contributed by atoms with E-state index in [0.717, 1.165) is 19.4 Å². The maximum Gasteiger partial charge on any atom is 0.115 e. The van der Waals surface area contributed by atoms with Crippen molar-refractivity contribution >= 4 is 6.21 Å². The molecule has 1 aliphatic carbocycles. The number of aliphatic imine (C=N–C) groups is 1. The van der Waals surface area contributed by atoms with Gasteiger partial charge >= 0.3 is 0 Å². The second-order valence-electron chi connectivity index (χ2n) is 9.78. The van der Waals surface area contributed by atoms with Crippen LogP contribution in [0.4, 0.5) is 0 Å². The van der Waals surface area contributed by atoms with Gasteiger partial charge in [-0.2, -0.15) is 0 Å². The van der Waals surface area contributed by atoms with E-state index in [9.17, 15) is 5.11 Å². The number of hydrogen-bond acceptors (Lipinski definition) is 3. The van der Waals surface area contributed by atoms with Crippen LogP contribution < -0.4 is 0 Å². The summed E-state index contributed by atoms with van der Waals surface area (Å²) in [5, 5.41) is 9.72. The van der Waals surface area contributed by atoms with Crippen molar-refractivity contribution in [1.82, 2.24) is 4.90 Å². The van der Waals surface area contributed by atoms with Gasteiger partial charge in [0.05, 0.1) is 6.04 Å². The Morgan fingerprint density at radius 1 is 0.781 bits per heavy atom. The van der Waals surface area contributed by atoms with E-state index >= 15 is 0 Å². The van der Waals surface area contributed by atoms with Crippen molar-refractivity contribution in [2.45, 2.75) is 43.9 Å². The van der Waals surface area contributed by atoms with Crippen LogP contribution in [0.5, 0.6) is 5.75 Å². The second-order valence-corrected chi connectivity index (χ2v) is 9.78. The zero-order chi connectivity index (χ0) is 21.5. The van der Waals surface area contributed by atoms with Gasteiger partial charge < -0.3 is 5.11 Å². The molecule has 0 spiro atoms. The molecule has 6 atom stereocenters. The first-order chi connectivity index (χ1) is 15.8. The van der Waals surface area contributed by atoms with Crippen LogP contribution in [0.1, 0.15) is 23.1 Å². The van der Waals surface area contributed by atoms with Crippen molar-refractivity contribution in [3.05, 3.63) is 102 Å². The standard InChI is InChI=1S/C29H30N2O/c32-23-13-11-21(12-14-23)15-25-27-17-24-26(18-30-27)29(25)31(19-22-9-5-2-6-10-22)28(24)16-20-7-3-1-4-8-20/h1-14,18,24-29,32H,15-17,19H2. The Bertz CT molecular complexity index is 1080. The molecule has 7 rings (SSSR count). The van der Waals surface area contributed by atoms with Gasteiger partial charge in [0.15, 0.2) is 0 Å². The predicted molar refractivity (Wildman–Crippen MR) is 129 cm³/mol. The number of hydrogen-bond donors (Lipinski definition) is 1. The van der Waals surface area contributed by atoms with E-state index in [2.05, 4.69) is 83.9 Å². The predicted octanol–water partition coefficient (Wildman–Crippen LogP) is 5.14. The molecule has 1 saturated heterocycles. The van der Waals surface area contributed by atoms with E-state index in [1.165, 1.54) is 23.1 Å². The smallest absolute Gasteiger partial charge is 0.115 e. The zero-order valence-electron chi connectivity index (χ0n) is 18.3. The molecular weight excluding hydrogens is 392 g/mol. The van der Waals surface area contributed by atoms with E-state index in [4.69, 9.17) is 4.99 Å². The van der Waals surface area contributed by atoms with Crippen molar-refractivity contribution < 1.29 is 5.11 Å². The molecule has 3 aliphatic heterocycles. The summed E-state index contributed by atoms with van der Waals surface area (Å²) < 4.78 is 0. The molecule has 3 heterocycles. The van der Waals surface area contributed by atoms with Gasteiger partial charge in [-0.25, -0.2) is 0 Å². The number of nitrogens with zero attached hydrogens (tertiary/aromatic N) is 2. The highest BCUT2D eigenvalue weighted by Gasteiger charge is 2.58. The maximum absolute atomic E-state index is 9.72. The zero-order valence-corrected chi connectivity index (χ0v) is 18.3. The molecule has 4 bridgehead atoms. The number of aromatic hydroxyl groups is 1. The maximum atomic E-state index is 9.72. The number of rotatable bonds is 6. The van der Waals surface area contributed by atoms with E-state index in [1.54, 1.807) is 0 Å². The molecule has 4 aliphatic rings. The van der Waals surface area contributed by atoms with Gasteiger partial charge in [0.2, 0.25) is 0 Å². The van der Waals surface area contributed by atoms with Crippen LogP contribution in [0.3, 0.4) is 0 Å². The number of benzene rings is 3. The number of phenolic OH excluding ortho intramolecular Hbond substituents is 1. The van der Waals surface area contributed by atoms with Crippen LogP contribution in [-0.2, 0) is 19.4 Å². The summed E-state index contributed by atoms with van der Waals surface area (Å²) in [4.78, 5) is 7.84. The molecule has 162 valence electrons. The number of phenols is 1. The lowest BCUT2D eigenvalue weighted by atomic mass is 9.66. The summed E-state index contributed by atoms with van der Waals surface area (Å²) in [5.74, 6) is 2.09. The Balaban J connectivity index is 1.35. The quantitative estimate of drug-likeness (QED) is 0.597. The molecular formula is C29H30N2O. The Morgan fingerprint density at radius 3 is 2.16 bits per heavy atom. The fourth-order valence-corrected chi connectivity index (χ4v) is 6.61. The van der Waals surface area contributed by atoms with Gasteiger partial charge in [0.25, 0.3) is 0 Å². The fourth-order valence-electron chi connectivity index (χ4n) is 6.61. The summed E-state index contributed by atoms with van der Waals surface area (Å²) in [7, 11) is 0. The van der Waals surface area contributed by atoms with Crippen molar-refractivity contribution in [2.24, 2.45) is 22.7 Å². The highest BCUT2D eigenvalue weighted by Crippen LogP contribution is 2.52. The average molecular weight is 423 g/mol. The number of likely N-dealkylation sites (tertiary alicyclic amines) is 1. The van der Waals surface area contributed by atoms with Gasteiger partial charge in [0, 0.05) is 36.7 Å². The van der Waals surface area contributed by atoms with Gasteiger partial charge in [-0.3, -0.25) is 9.89 Å². The largest absolute Gasteiger partial charge is 0.508 e. The van der Waals surface area contributed by atoms with Gasteiger partial charge in [-0.15, -0.1) is 0 Å². The minimum absolute atomic E-state index is 0.339. The van der Waals surface area contributed by atoms with Crippen LogP contribution in [0.2, 0.25) is 0 Å². The summed E-state index contributed by atoms with van der Waals surface area (Å²) in [6.45, 7) is 1.00. The summed E-state index contributed by atoms with van der Waals surface area (Å²) >= 11 is 0. The molecule has 3 heteroatoms. The Labute approximate surface area is 190 Å². The molecule has 2 fully saturated rings. The van der Waals surface area contributed by atoms with Crippen LogP contribution in [0.25, 0.3) is 0 Å².